The van der Waals surface area contributed by atoms with Crippen molar-refractivity contribution in [2.45, 2.75) is 31.9 Å². The Morgan fingerprint density at radius 1 is 1.07 bits per heavy atom. The van der Waals surface area contributed by atoms with E-state index in [-0.39, 0.29) is 24.0 Å². The number of hydrogen-bond donors (Lipinski definition) is 2. The molecule has 0 aliphatic heterocycles. The van der Waals surface area contributed by atoms with Crippen LogP contribution in [-0.2, 0) is 6.54 Å². The predicted octanol–water partition coefficient (Wildman–Crippen LogP) is 4.18. The Morgan fingerprint density at radius 2 is 1.81 bits per heavy atom. The zero-order chi connectivity index (χ0) is 18.4. The summed E-state index contributed by atoms with van der Waals surface area (Å²) < 4.78 is 16.6. The molecule has 3 rings (SSSR count). The zero-order valence-electron chi connectivity index (χ0n) is 15.6. The first-order valence-corrected chi connectivity index (χ1v) is 8.73. The van der Waals surface area contributed by atoms with E-state index in [4.69, 9.17) is 19.9 Å². The van der Waals surface area contributed by atoms with Gasteiger partial charge in [0, 0.05) is 17.3 Å². The average Bonchev–Trinajstić information content (AvgIpc) is 2.63. The largest absolute Gasteiger partial charge is 0.493 e. The molecule has 3 N–H and O–H groups in total. The molecule has 0 radical (unpaired) electrons. The molecule has 1 aliphatic rings. The maximum Gasteiger partial charge on any atom is 0.193 e. The van der Waals surface area contributed by atoms with Crippen molar-refractivity contribution in [2.75, 3.05) is 19.5 Å². The molecule has 1 aliphatic carbocycles. The van der Waals surface area contributed by atoms with Crippen LogP contribution in [0.2, 0.25) is 0 Å². The van der Waals surface area contributed by atoms with Crippen molar-refractivity contribution in [1.82, 2.24) is 0 Å². The number of ether oxygens (including phenoxy) is 3. The van der Waals surface area contributed by atoms with Crippen LogP contribution in [0.1, 0.15) is 24.8 Å². The fraction of sp³-hybridized carbons (Fsp3) is 0.350. The molecule has 27 heavy (non-hydrogen) atoms. The molecule has 2 aromatic carbocycles. The monoisotopic (exact) mass is 483 g/mol. The highest BCUT2D eigenvalue weighted by atomic mass is 127. The molecule has 0 amide bonds. The van der Waals surface area contributed by atoms with Gasteiger partial charge in [-0.15, -0.1) is 24.0 Å². The molecule has 6 nitrogen and oxygen atoms in total. The summed E-state index contributed by atoms with van der Waals surface area (Å²) in [4.78, 5) is 4.43. The minimum Gasteiger partial charge on any atom is -0.493 e. The van der Waals surface area contributed by atoms with E-state index in [0.717, 1.165) is 29.8 Å². The first kappa shape index (κ1) is 21.1. The highest BCUT2D eigenvalue weighted by molar-refractivity contribution is 14.0. The predicted molar refractivity (Wildman–Crippen MR) is 119 cm³/mol. The van der Waals surface area contributed by atoms with Crippen molar-refractivity contribution in [3.63, 3.8) is 0 Å². The molecule has 1 fully saturated rings. The van der Waals surface area contributed by atoms with Gasteiger partial charge in [-0.1, -0.05) is 18.2 Å². The third kappa shape index (κ3) is 5.66. The first-order valence-electron chi connectivity index (χ1n) is 8.73. The average molecular weight is 483 g/mol. The molecule has 7 heteroatoms. The van der Waals surface area contributed by atoms with Gasteiger partial charge >= 0.3 is 0 Å². The summed E-state index contributed by atoms with van der Waals surface area (Å²) in [7, 11) is 3.20. The molecule has 0 unspecified atom stereocenters. The number of nitrogens with two attached hydrogens (primary N) is 1. The van der Waals surface area contributed by atoms with Gasteiger partial charge < -0.3 is 25.3 Å². The lowest BCUT2D eigenvalue weighted by Crippen LogP contribution is -2.25. The summed E-state index contributed by atoms with van der Waals surface area (Å²) in [5, 5.41) is 3.07. The lowest BCUT2D eigenvalue weighted by atomic mass is 9.96. The van der Waals surface area contributed by atoms with Crippen LogP contribution in [0.15, 0.2) is 47.5 Å². The van der Waals surface area contributed by atoms with E-state index in [9.17, 15) is 0 Å². The Hall–Kier alpha value is -2.16. The summed E-state index contributed by atoms with van der Waals surface area (Å²) >= 11 is 0. The maximum atomic E-state index is 6.03. The second-order valence-corrected chi connectivity index (χ2v) is 6.17. The number of guanidine groups is 1. The number of nitrogens with zero attached hydrogens (tertiary/aromatic N) is 1. The Balaban J connectivity index is 0.00000261. The van der Waals surface area contributed by atoms with Gasteiger partial charge in [-0.3, -0.25) is 0 Å². The first-order chi connectivity index (χ1) is 12.7. The number of rotatable bonds is 7. The minimum atomic E-state index is 0. The molecular formula is C20H26IN3O3. The number of methoxy groups -OCH3 is 2. The minimum absolute atomic E-state index is 0. The smallest absolute Gasteiger partial charge is 0.193 e. The second kappa shape index (κ2) is 10.2. The van der Waals surface area contributed by atoms with E-state index >= 15 is 0 Å². The number of halogens is 1. The lowest BCUT2D eigenvalue weighted by molar-refractivity contribution is 0.119. The molecule has 2 aromatic rings. The number of anilines is 1. The molecule has 0 spiro atoms. The summed E-state index contributed by atoms with van der Waals surface area (Å²) in [6, 6.07) is 13.5. The number of benzene rings is 2. The summed E-state index contributed by atoms with van der Waals surface area (Å²) in [6.07, 6.45) is 3.83. The highest BCUT2D eigenvalue weighted by Crippen LogP contribution is 2.30. The van der Waals surface area contributed by atoms with Crippen molar-refractivity contribution in [1.29, 1.82) is 0 Å². The van der Waals surface area contributed by atoms with Crippen molar-refractivity contribution in [3.8, 4) is 17.2 Å². The Morgan fingerprint density at radius 3 is 2.48 bits per heavy atom. The Kier molecular flexibility index (Phi) is 8.02. The van der Waals surface area contributed by atoms with Crippen LogP contribution in [0.5, 0.6) is 17.2 Å². The Bertz CT molecular complexity index is 779. The van der Waals surface area contributed by atoms with E-state index in [1.165, 1.54) is 6.42 Å². The van der Waals surface area contributed by atoms with Gasteiger partial charge in [0.15, 0.2) is 17.5 Å². The molecule has 146 valence electrons. The van der Waals surface area contributed by atoms with Crippen molar-refractivity contribution in [2.24, 2.45) is 10.7 Å². The van der Waals surface area contributed by atoms with E-state index in [2.05, 4.69) is 10.3 Å². The number of nitrogens with one attached hydrogen (secondary N) is 1. The number of aliphatic imine (C=N–C) groups is 1. The van der Waals surface area contributed by atoms with Gasteiger partial charge in [0.1, 0.15) is 5.75 Å². The Labute approximate surface area is 177 Å². The SMILES string of the molecule is COc1ccc(NC(N)=NCc2ccccc2OC2CCC2)cc1OC.I. The van der Waals surface area contributed by atoms with E-state index in [1.54, 1.807) is 14.2 Å². The third-order valence-corrected chi connectivity index (χ3v) is 4.39. The summed E-state index contributed by atoms with van der Waals surface area (Å²) in [6.45, 7) is 0.453. The van der Waals surface area contributed by atoms with Crippen molar-refractivity contribution in [3.05, 3.63) is 48.0 Å². The van der Waals surface area contributed by atoms with Gasteiger partial charge in [0.25, 0.3) is 0 Å². The molecule has 0 heterocycles. The van der Waals surface area contributed by atoms with Crippen LogP contribution < -0.4 is 25.3 Å². The van der Waals surface area contributed by atoms with Crippen molar-refractivity contribution >= 4 is 35.6 Å². The molecular weight excluding hydrogens is 457 g/mol. The molecule has 0 atom stereocenters. The van der Waals surface area contributed by atoms with Gasteiger partial charge in [0.2, 0.25) is 0 Å². The highest BCUT2D eigenvalue weighted by Gasteiger charge is 2.20. The molecule has 0 saturated heterocycles. The van der Waals surface area contributed by atoms with Gasteiger partial charge in [0.05, 0.1) is 26.9 Å². The van der Waals surface area contributed by atoms with E-state index < -0.39 is 0 Å². The molecule has 0 bridgehead atoms. The second-order valence-electron chi connectivity index (χ2n) is 6.17. The van der Waals surface area contributed by atoms with Crippen LogP contribution in [0.3, 0.4) is 0 Å². The van der Waals surface area contributed by atoms with Crippen LogP contribution in [0.4, 0.5) is 5.69 Å². The quantitative estimate of drug-likeness (QED) is 0.351. The topological polar surface area (TPSA) is 78.1 Å². The van der Waals surface area contributed by atoms with Gasteiger partial charge in [-0.25, -0.2) is 4.99 Å². The lowest BCUT2D eigenvalue weighted by Gasteiger charge is -2.27. The molecule has 0 aromatic heterocycles. The van der Waals surface area contributed by atoms with Crippen molar-refractivity contribution < 1.29 is 14.2 Å². The van der Waals surface area contributed by atoms with Crippen LogP contribution >= 0.6 is 24.0 Å². The summed E-state index contributed by atoms with van der Waals surface area (Å²) in [5.41, 5.74) is 7.84. The normalized spacial score (nSPS) is 13.9. The van der Waals surface area contributed by atoms with Crippen LogP contribution in [-0.4, -0.2) is 26.3 Å². The third-order valence-electron chi connectivity index (χ3n) is 4.39. The van der Waals surface area contributed by atoms with Crippen LogP contribution in [0, 0.1) is 0 Å². The maximum absolute atomic E-state index is 6.03. The number of para-hydroxylation sites is 1. The van der Waals surface area contributed by atoms with Crippen LogP contribution in [0.25, 0.3) is 0 Å². The number of hydrogen-bond acceptors (Lipinski definition) is 4. The fourth-order valence-corrected chi connectivity index (χ4v) is 2.69. The van der Waals surface area contributed by atoms with E-state index in [0.29, 0.717) is 30.1 Å². The van der Waals surface area contributed by atoms with Gasteiger partial charge in [-0.2, -0.15) is 0 Å². The summed E-state index contributed by atoms with van der Waals surface area (Å²) in [5.74, 6) is 2.51. The van der Waals surface area contributed by atoms with E-state index in [1.807, 2.05) is 42.5 Å². The fourth-order valence-electron chi connectivity index (χ4n) is 2.69. The zero-order valence-corrected chi connectivity index (χ0v) is 17.9. The molecule has 1 saturated carbocycles. The standard InChI is InChI=1S/C20H25N3O3.HI/c1-24-18-11-10-15(12-19(18)25-2)23-20(21)22-13-14-6-3-4-9-17(14)26-16-7-5-8-16;/h3-4,6,9-12,16H,5,7-8,13H2,1-2H3,(H3,21,22,23);1H. The van der Waals surface area contributed by atoms with Gasteiger partial charge in [-0.05, 0) is 37.5 Å².